The summed E-state index contributed by atoms with van der Waals surface area (Å²) in [5.74, 6) is 0.493. The van der Waals surface area contributed by atoms with Gasteiger partial charge in [-0.25, -0.2) is 9.97 Å². The lowest BCUT2D eigenvalue weighted by molar-refractivity contribution is 0.390. The number of hydrogen-bond acceptors (Lipinski definition) is 6. The fourth-order valence-corrected chi connectivity index (χ4v) is 1.54. The van der Waals surface area contributed by atoms with Crippen molar-refractivity contribution < 1.29 is 4.74 Å². The summed E-state index contributed by atoms with van der Waals surface area (Å²) in [5, 5.41) is 11.2. The highest BCUT2D eigenvalue weighted by Crippen LogP contribution is 2.18. The largest absolute Gasteiger partial charge is 0.480 e. The quantitative estimate of drug-likeness (QED) is 0.830. The standard InChI is InChI=1S/C11H13N5O/c1-12-11(8-5-13-7-14-6-8)9-3-4-10(17-2)16-15-9/h3-7,11-12H,1-2H3. The van der Waals surface area contributed by atoms with Crippen molar-refractivity contribution in [1.82, 2.24) is 25.5 Å². The molecule has 0 radical (unpaired) electrons. The molecule has 0 saturated heterocycles. The summed E-state index contributed by atoms with van der Waals surface area (Å²) in [6.45, 7) is 0. The highest BCUT2D eigenvalue weighted by Gasteiger charge is 2.14. The maximum absolute atomic E-state index is 4.97. The first-order valence-electron chi connectivity index (χ1n) is 5.15. The number of hydrogen-bond donors (Lipinski definition) is 1. The topological polar surface area (TPSA) is 72.8 Å². The van der Waals surface area contributed by atoms with Crippen molar-refractivity contribution in [2.75, 3.05) is 14.2 Å². The molecule has 0 amide bonds. The minimum absolute atomic E-state index is 0.0744. The lowest BCUT2D eigenvalue weighted by Gasteiger charge is -2.14. The van der Waals surface area contributed by atoms with E-state index < -0.39 is 0 Å². The van der Waals surface area contributed by atoms with Crippen LogP contribution in [0, 0.1) is 0 Å². The second-order valence-corrected chi connectivity index (χ2v) is 3.39. The number of aromatic nitrogens is 4. The van der Waals surface area contributed by atoms with Gasteiger partial charge in [-0.15, -0.1) is 10.2 Å². The van der Waals surface area contributed by atoms with Crippen LogP contribution < -0.4 is 10.1 Å². The molecule has 88 valence electrons. The minimum atomic E-state index is -0.0744. The lowest BCUT2D eigenvalue weighted by Crippen LogP contribution is -2.19. The Bertz CT molecular complexity index is 459. The fraction of sp³-hybridized carbons (Fsp3) is 0.273. The maximum atomic E-state index is 4.97. The number of nitrogens with zero attached hydrogens (tertiary/aromatic N) is 4. The van der Waals surface area contributed by atoms with Gasteiger partial charge < -0.3 is 10.1 Å². The van der Waals surface area contributed by atoms with E-state index >= 15 is 0 Å². The molecule has 0 aliphatic carbocycles. The van der Waals surface area contributed by atoms with E-state index in [9.17, 15) is 0 Å². The van der Waals surface area contributed by atoms with Gasteiger partial charge in [-0.05, 0) is 13.1 Å². The van der Waals surface area contributed by atoms with Crippen LogP contribution in [0.15, 0.2) is 30.9 Å². The van der Waals surface area contributed by atoms with Crippen molar-refractivity contribution in [3.8, 4) is 5.88 Å². The Kier molecular flexibility index (Phi) is 3.56. The summed E-state index contributed by atoms with van der Waals surface area (Å²) >= 11 is 0. The van der Waals surface area contributed by atoms with Crippen LogP contribution >= 0.6 is 0 Å². The van der Waals surface area contributed by atoms with E-state index in [1.807, 2.05) is 13.1 Å². The van der Waals surface area contributed by atoms with Gasteiger partial charge in [0.15, 0.2) is 0 Å². The zero-order valence-corrected chi connectivity index (χ0v) is 9.66. The van der Waals surface area contributed by atoms with Gasteiger partial charge in [0.1, 0.15) is 6.33 Å². The minimum Gasteiger partial charge on any atom is -0.480 e. The van der Waals surface area contributed by atoms with Crippen molar-refractivity contribution in [3.63, 3.8) is 0 Å². The average molecular weight is 231 g/mol. The summed E-state index contributed by atoms with van der Waals surface area (Å²) < 4.78 is 4.97. The number of nitrogens with one attached hydrogen (secondary N) is 1. The first-order valence-corrected chi connectivity index (χ1v) is 5.15. The predicted octanol–water partition coefficient (Wildman–Crippen LogP) is 0.584. The molecule has 1 unspecified atom stereocenters. The number of methoxy groups -OCH3 is 1. The van der Waals surface area contributed by atoms with E-state index in [1.54, 1.807) is 25.6 Å². The van der Waals surface area contributed by atoms with Crippen molar-refractivity contribution in [2.24, 2.45) is 0 Å². The molecule has 0 aliphatic heterocycles. The molecule has 2 aromatic rings. The van der Waals surface area contributed by atoms with Crippen LogP contribution in [0.5, 0.6) is 5.88 Å². The van der Waals surface area contributed by atoms with E-state index in [-0.39, 0.29) is 6.04 Å². The smallest absolute Gasteiger partial charge is 0.233 e. The van der Waals surface area contributed by atoms with Crippen LogP contribution in [0.3, 0.4) is 0 Å². The van der Waals surface area contributed by atoms with Crippen LogP contribution in [0.25, 0.3) is 0 Å². The van der Waals surface area contributed by atoms with Crippen LogP contribution in [-0.4, -0.2) is 34.3 Å². The van der Waals surface area contributed by atoms with E-state index in [1.165, 1.54) is 6.33 Å². The molecule has 6 heteroatoms. The molecule has 1 N–H and O–H groups in total. The molecule has 6 nitrogen and oxygen atoms in total. The number of rotatable bonds is 4. The number of ether oxygens (including phenoxy) is 1. The van der Waals surface area contributed by atoms with Crippen molar-refractivity contribution in [2.45, 2.75) is 6.04 Å². The summed E-state index contributed by atoms with van der Waals surface area (Å²) in [6.07, 6.45) is 5.00. The van der Waals surface area contributed by atoms with Crippen molar-refractivity contribution >= 4 is 0 Å². The van der Waals surface area contributed by atoms with Crippen LogP contribution in [-0.2, 0) is 0 Å². The lowest BCUT2D eigenvalue weighted by atomic mass is 10.1. The highest BCUT2D eigenvalue weighted by atomic mass is 16.5. The van der Waals surface area contributed by atoms with Crippen LogP contribution in [0.4, 0.5) is 0 Å². The van der Waals surface area contributed by atoms with E-state index in [4.69, 9.17) is 4.74 Å². The molecule has 2 aromatic heterocycles. The Morgan fingerprint density at radius 1 is 1.18 bits per heavy atom. The van der Waals surface area contributed by atoms with Crippen LogP contribution in [0.2, 0.25) is 0 Å². The van der Waals surface area contributed by atoms with E-state index in [0.717, 1.165) is 11.3 Å². The molecule has 1 atom stereocenters. The van der Waals surface area contributed by atoms with Gasteiger partial charge >= 0.3 is 0 Å². The van der Waals surface area contributed by atoms with Gasteiger partial charge in [-0.3, -0.25) is 0 Å². The van der Waals surface area contributed by atoms with Gasteiger partial charge in [0.2, 0.25) is 5.88 Å². The Morgan fingerprint density at radius 3 is 2.47 bits per heavy atom. The van der Waals surface area contributed by atoms with E-state index in [0.29, 0.717) is 5.88 Å². The molecular weight excluding hydrogens is 218 g/mol. The van der Waals surface area contributed by atoms with Gasteiger partial charge in [0.05, 0.1) is 18.8 Å². The predicted molar refractivity (Wildman–Crippen MR) is 61.5 cm³/mol. The fourth-order valence-electron chi connectivity index (χ4n) is 1.54. The van der Waals surface area contributed by atoms with Crippen molar-refractivity contribution in [3.05, 3.63) is 42.1 Å². The third kappa shape index (κ3) is 2.54. The van der Waals surface area contributed by atoms with E-state index in [2.05, 4.69) is 25.5 Å². The Morgan fingerprint density at radius 2 is 1.94 bits per heavy atom. The third-order valence-electron chi connectivity index (χ3n) is 2.37. The third-order valence-corrected chi connectivity index (χ3v) is 2.37. The molecule has 0 aliphatic rings. The second-order valence-electron chi connectivity index (χ2n) is 3.39. The first-order chi connectivity index (χ1) is 8.35. The SMILES string of the molecule is CNC(c1cncnc1)c1ccc(OC)nn1. The molecule has 0 spiro atoms. The molecule has 0 saturated carbocycles. The molecular formula is C11H13N5O. The van der Waals surface area contributed by atoms with Gasteiger partial charge in [0.25, 0.3) is 0 Å². The molecule has 2 heterocycles. The molecule has 0 fully saturated rings. The zero-order chi connectivity index (χ0) is 12.1. The van der Waals surface area contributed by atoms with Gasteiger partial charge in [0, 0.05) is 24.0 Å². The highest BCUT2D eigenvalue weighted by molar-refractivity contribution is 5.23. The monoisotopic (exact) mass is 231 g/mol. The normalized spacial score (nSPS) is 12.1. The average Bonchev–Trinajstić information content (AvgIpc) is 2.42. The summed E-state index contributed by atoms with van der Waals surface area (Å²) in [5.41, 5.74) is 1.73. The van der Waals surface area contributed by atoms with Gasteiger partial charge in [-0.2, -0.15) is 0 Å². The second kappa shape index (κ2) is 5.31. The molecule has 2 rings (SSSR count). The zero-order valence-electron chi connectivity index (χ0n) is 9.66. The molecule has 0 bridgehead atoms. The molecule has 17 heavy (non-hydrogen) atoms. The maximum Gasteiger partial charge on any atom is 0.233 e. The van der Waals surface area contributed by atoms with Crippen LogP contribution in [0.1, 0.15) is 17.3 Å². The Balaban J connectivity index is 2.29. The van der Waals surface area contributed by atoms with Crippen molar-refractivity contribution in [1.29, 1.82) is 0 Å². The first kappa shape index (κ1) is 11.4. The summed E-state index contributed by atoms with van der Waals surface area (Å²) in [6, 6.07) is 3.56. The van der Waals surface area contributed by atoms with Gasteiger partial charge in [-0.1, -0.05) is 0 Å². The summed E-state index contributed by atoms with van der Waals surface area (Å²) in [7, 11) is 3.41. The molecule has 0 aromatic carbocycles. The Labute approximate surface area is 99.1 Å². The Hall–Kier alpha value is -2.08. The summed E-state index contributed by atoms with van der Waals surface area (Å²) in [4.78, 5) is 7.98.